The van der Waals surface area contributed by atoms with Gasteiger partial charge in [0, 0.05) is 6.42 Å². The predicted octanol–water partition coefficient (Wildman–Crippen LogP) is 1.70. The lowest BCUT2D eigenvalue weighted by Gasteiger charge is -1.99. The summed E-state index contributed by atoms with van der Waals surface area (Å²) in [6, 6.07) is 9.67. The van der Waals surface area contributed by atoms with Crippen molar-refractivity contribution in [2.24, 2.45) is 0 Å². The Morgan fingerprint density at radius 1 is 1.33 bits per heavy atom. The van der Waals surface area contributed by atoms with Gasteiger partial charge in [-0.05, 0) is 5.56 Å². The first kappa shape index (κ1) is 9.45. The molecule has 76 valence electrons. The molecular formula is C11H10N2O2. The molecule has 0 aliphatic heterocycles. The molecule has 0 fully saturated rings. The first-order chi connectivity index (χ1) is 7.27. The third-order valence-corrected chi connectivity index (χ3v) is 2.14. The number of hydrogen-bond donors (Lipinski definition) is 2. The highest BCUT2D eigenvalue weighted by atomic mass is 16.4. The number of nitrogens with one attached hydrogen (secondary N) is 1. The van der Waals surface area contributed by atoms with E-state index < -0.39 is 5.97 Å². The number of carboxylic acid groups (broad SMARTS) is 1. The van der Waals surface area contributed by atoms with Gasteiger partial charge in [-0.25, -0.2) is 9.78 Å². The lowest BCUT2D eigenvalue weighted by atomic mass is 10.1. The average Bonchev–Trinajstić information content (AvgIpc) is 2.67. The Morgan fingerprint density at radius 2 is 2.07 bits per heavy atom. The molecule has 2 rings (SSSR count). The number of aromatic nitrogens is 2. The van der Waals surface area contributed by atoms with Gasteiger partial charge in [0.25, 0.3) is 0 Å². The van der Waals surface area contributed by atoms with Gasteiger partial charge in [0.05, 0.1) is 12.0 Å². The fourth-order valence-electron chi connectivity index (χ4n) is 1.44. The van der Waals surface area contributed by atoms with Crippen LogP contribution in [-0.2, 0) is 6.42 Å². The van der Waals surface area contributed by atoms with Crippen LogP contribution in [0.15, 0.2) is 36.7 Å². The molecule has 0 amide bonds. The molecule has 0 aliphatic rings. The predicted molar refractivity (Wildman–Crippen MR) is 54.8 cm³/mol. The van der Waals surface area contributed by atoms with E-state index in [4.69, 9.17) is 5.11 Å². The zero-order valence-electron chi connectivity index (χ0n) is 7.97. The summed E-state index contributed by atoms with van der Waals surface area (Å²) >= 11 is 0. The van der Waals surface area contributed by atoms with Crippen LogP contribution in [0, 0.1) is 0 Å². The number of hydrogen-bond acceptors (Lipinski definition) is 2. The van der Waals surface area contributed by atoms with Crippen LogP contribution >= 0.6 is 0 Å². The summed E-state index contributed by atoms with van der Waals surface area (Å²) in [5.74, 6) is -0.998. The molecular weight excluding hydrogens is 192 g/mol. The number of carbonyl (C=O) groups is 1. The second-order valence-electron chi connectivity index (χ2n) is 3.20. The third kappa shape index (κ3) is 2.04. The van der Waals surface area contributed by atoms with Gasteiger partial charge in [0.15, 0.2) is 5.69 Å². The fraction of sp³-hybridized carbons (Fsp3) is 0.0909. The molecule has 4 heteroatoms. The van der Waals surface area contributed by atoms with Crippen molar-refractivity contribution in [3.8, 4) is 0 Å². The van der Waals surface area contributed by atoms with E-state index in [1.54, 1.807) is 0 Å². The Kier molecular flexibility index (Phi) is 2.49. The molecule has 0 saturated carbocycles. The molecule has 1 heterocycles. The molecule has 0 saturated heterocycles. The summed E-state index contributed by atoms with van der Waals surface area (Å²) in [5, 5.41) is 8.85. The van der Waals surface area contributed by atoms with E-state index in [0.717, 1.165) is 5.56 Å². The quantitative estimate of drug-likeness (QED) is 0.796. The maximum absolute atomic E-state index is 10.8. The Labute approximate surface area is 86.6 Å². The number of imidazole rings is 1. The number of H-pyrrole nitrogens is 1. The molecule has 0 aliphatic carbocycles. The summed E-state index contributed by atoms with van der Waals surface area (Å²) < 4.78 is 0. The van der Waals surface area contributed by atoms with Gasteiger partial charge in [-0.1, -0.05) is 30.3 Å². The van der Waals surface area contributed by atoms with Crippen LogP contribution in [0.4, 0.5) is 0 Å². The summed E-state index contributed by atoms with van der Waals surface area (Å²) in [6.07, 6.45) is 1.96. The van der Waals surface area contributed by atoms with Crippen LogP contribution in [0.2, 0.25) is 0 Å². The Bertz CT molecular complexity index is 462. The highest BCUT2D eigenvalue weighted by Crippen LogP contribution is 2.10. The monoisotopic (exact) mass is 202 g/mol. The minimum atomic E-state index is -0.998. The first-order valence-corrected chi connectivity index (χ1v) is 4.57. The first-order valence-electron chi connectivity index (χ1n) is 4.57. The number of aromatic carboxylic acids is 1. The minimum absolute atomic E-state index is 0.0962. The van der Waals surface area contributed by atoms with Crippen molar-refractivity contribution in [2.75, 3.05) is 0 Å². The maximum Gasteiger partial charge on any atom is 0.356 e. The summed E-state index contributed by atoms with van der Waals surface area (Å²) in [6.45, 7) is 0. The lowest BCUT2D eigenvalue weighted by Crippen LogP contribution is -2.02. The number of rotatable bonds is 3. The van der Waals surface area contributed by atoms with Gasteiger partial charge in [0.1, 0.15) is 0 Å². The highest BCUT2D eigenvalue weighted by Gasteiger charge is 2.12. The van der Waals surface area contributed by atoms with Gasteiger partial charge < -0.3 is 10.1 Å². The van der Waals surface area contributed by atoms with Crippen LogP contribution in [-0.4, -0.2) is 21.0 Å². The number of aromatic amines is 1. The standard InChI is InChI=1S/C11H10N2O2/c14-11(15)10-9(12-7-13-10)6-8-4-2-1-3-5-8/h1-5,7H,6H2,(H,12,13)(H,14,15). The normalized spacial score (nSPS) is 10.1. The van der Waals surface area contributed by atoms with E-state index in [2.05, 4.69) is 9.97 Å². The van der Waals surface area contributed by atoms with Gasteiger partial charge in [-0.15, -0.1) is 0 Å². The van der Waals surface area contributed by atoms with Crippen molar-refractivity contribution in [2.45, 2.75) is 6.42 Å². The van der Waals surface area contributed by atoms with Gasteiger partial charge in [-0.3, -0.25) is 0 Å². The molecule has 2 N–H and O–H groups in total. The third-order valence-electron chi connectivity index (χ3n) is 2.14. The van der Waals surface area contributed by atoms with Crippen molar-refractivity contribution in [3.05, 3.63) is 53.6 Å². The van der Waals surface area contributed by atoms with Crippen molar-refractivity contribution < 1.29 is 9.90 Å². The van der Waals surface area contributed by atoms with E-state index in [9.17, 15) is 4.79 Å². The van der Waals surface area contributed by atoms with Crippen molar-refractivity contribution in [1.82, 2.24) is 9.97 Å². The van der Waals surface area contributed by atoms with E-state index in [0.29, 0.717) is 12.1 Å². The van der Waals surface area contributed by atoms with Crippen LogP contribution in [0.3, 0.4) is 0 Å². The Balaban J connectivity index is 2.25. The van der Waals surface area contributed by atoms with E-state index >= 15 is 0 Å². The van der Waals surface area contributed by atoms with Crippen LogP contribution < -0.4 is 0 Å². The van der Waals surface area contributed by atoms with Crippen LogP contribution in [0.1, 0.15) is 21.7 Å². The average molecular weight is 202 g/mol. The van der Waals surface area contributed by atoms with Gasteiger partial charge >= 0.3 is 5.97 Å². The van der Waals surface area contributed by atoms with E-state index in [-0.39, 0.29) is 5.69 Å². The maximum atomic E-state index is 10.8. The molecule has 0 bridgehead atoms. The van der Waals surface area contributed by atoms with Crippen molar-refractivity contribution in [1.29, 1.82) is 0 Å². The summed E-state index contributed by atoms with van der Waals surface area (Å²) in [7, 11) is 0. The number of nitrogens with zero attached hydrogens (tertiary/aromatic N) is 1. The molecule has 0 radical (unpaired) electrons. The Morgan fingerprint density at radius 3 is 2.73 bits per heavy atom. The molecule has 0 atom stereocenters. The molecule has 1 aromatic heterocycles. The second kappa shape index (κ2) is 3.96. The summed E-state index contributed by atoms with van der Waals surface area (Å²) in [5.41, 5.74) is 1.79. The molecule has 15 heavy (non-hydrogen) atoms. The van der Waals surface area contributed by atoms with Crippen LogP contribution in [0.25, 0.3) is 0 Å². The van der Waals surface area contributed by atoms with E-state index in [1.165, 1.54) is 6.33 Å². The second-order valence-corrected chi connectivity index (χ2v) is 3.20. The minimum Gasteiger partial charge on any atom is -0.476 e. The molecule has 2 aromatic rings. The highest BCUT2D eigenvalue weighted by molar-refractivity contribution is 5.86. The molecule has 0 spiro atoms. The Hall–Kier alpha value is -2.10. The fourth-order valence-corrected chi connectivity index (χ4v) is 1.44. The number of benzene rings is 1. The van der Waals surface area contributed by atoms with E-state index in [1.807, 2.05) is 30.3 Å². The zero-order valence-corrected chi connectivity index (χ0v) is 7.97. The molecule has 4 nitrogen and oxygen atoms in total. The number of carboxylic acids is 1. The van der Waals surface area contributed by atoms with Crippen LogP contribution in [0.5, 0.6) is 0 Å². The van der Waals surface area contributed by atoms with Gasteiger partial charge in [0.2, 0.25) is 0 Å². The molecule has 1 aromatic carbocycles. The lowest BCUT2D eigenvalue weighted by molar-refractivity contribution is 0.0690. The smallest absolute Gasteiger partial charge is 0.356 e. The van der Waals surface area contributed by atoms with Crippen molar-refractivity contribution in [3.63, 3.8) is 0 Å². The molecule has 0 unspecified atom stereocenters. The van der Waals surface area contributed by atoms with Gasteiger partial charge in [-0.2, -0.15) is 0 Å². The largest absolute Gasteiger partial charge is 0.476 e. The zero-order chi connectivity index (χ0) is 10.7. The SMILES string of the molecule is O=C(O)c1nc[nH]c1Cc1ccccc1. The topological polar surface area (TPSA) is 66.0 Å². The summed E-state index contributed by atoms with van der Waals surface area (Å²) in [4.78, 5) is 17.4. The van der Waals surface area contributed by atoms with Crippen molar-refractivity contribution >= 4 is 5.97 Å².